The Labute approximate surface area is 140 Å². The van der Waals surface area contributed by atoms with E-state index in [0.717, 1.165) is 0 Å². The Morgan fingerprint density at radius 1 is 1.39 bits per heavy atom. The van der Waals surface area contributed by atoms with E-state index in [1.165, 1.54) is 7.11 Å². The van der Waals surface area contributed by atoms with Gasteiger partial charge in [-0.3, -0.25) is 9.59 Å². The summed E-state index contributed by atoms with van der Waals surface area (Å²) < 4.78 is 10.4. The highest BCUT2D eigenvalue weighted by molar-refractivity contribution is 6.30. The summed E-state index contributed by atoms with van der Waals surface area (Å²) in [7, 11) is 1.54. The number of nitrogens with one attached hydrogen (secondary N) is 1. The molecule has 6 nitrogen and oxygen atoms in total. The first-order valence-corrected chi connectivity index (χ1v) is 7.87. The quantitative estimate of drug-likeness (QED) is 0.876. The molecule has 0 aromatic heterocycles. The second-order valence-corrected chi connectivity index (χ2v) is 5.80. The lowest BCUT2D eigenvalue weighted by molar-refractivity contribution is -0.139. The number of rotatable bonds is 5. The van der Waals surface area contributed by atoms with Crippen LogP contribution in [0.1, 0.15) is 12.5 Å². The second kappa shape index (κ2) is 8.17. The summed E-state index contributed by atoms with van der Waals surface area (Å²) in [5, 5.41) is 3.26. The number of carbonyl (C=O) groups excluding carboxylic acids is 2. The summed E-state index contributed by atoms with van der Waals surface area (Å²) in [4.78, 5) is 26.2. The zero-order valence-corrected chi connectivity index (χ0v) is 14.1. The molecule has 0 bridgehead atoms. The van der Waals surface area contributed by atoms with Gasteiger partial charge in [0.05, 0.1) is 26.7 Å². The van der Waals surface area contributed by atoms with Crippen molar-refractivity contribution in [3.63, 3.8) is 0 Å². The molecule has 126 valence electrons. The molecule has 1 aromatic carbocycles. The van der Waals surface area contributed by atoms with Crippen molar-refractivity contribution in [1.82, 2.24) is 10.2 Å². The topological polar surface area (TPSA) is 67.9 Å². The van der Waals surface area contributed by atoms with E-state index in [1.54, 1.807) is 30.0 Å². The summed E-state index contributed by atoms with van der Waals surface area (Å²) in [5.74, 6) is 0.246. The fourth-order valence-electron chi connectivity index (χ4n) is 2.47. The van der Waals surface area contributed by atoms with Crippen molar-refractivity contribution in [2.24, 2.45) is 0 Å². The van der Waals surface area contributed by atoms with Crippen molar-refractivity contribution in [2.45, 2.75) is 19.4 Å². The molecule has 1 fully saturated rings. The molecule has 7 heteroatoms. The number of methoxy groups -OCH3 is 1. The van der Waals surface area contributed by atoms with Crippen LogP contribution in [0.15, 0.2) is 18.2 Å². The molecular formula is C16H21ClN2O4. The van der Waals surface area contributed by atoms with Gasteiger partial charge in [-0.2, -0.15) is 0 Å². The molecule has 1 unspecified atom stereocenters. The Morgan fingerprint density at radius 3 is 2.74 bits per heavy atom. The molecule has 0 saturated carbocycles. The highest BCUT2D eigenvalue weighted by Gasteiger charge is 2.23. The minimum Gasteiger partial charge on any atom is -0.496 e. The first kappa shape index (κ1) is 17.6. The van der Waals surface area contributed by atoms with Gasteiger partial charge in [-0.05, 0) is 25.1 Å². The van der Waals surface area contributed by atoms with E-state index in [0.29, 0.717) is 42.6 Å². The smallest absolute Gasteiger partial charge is 0.245 e. The van der Waals surface area contributed by atoms with E-state index in [4.69, 9.17) is 21.1 Å². The highest BCUT2D eigenvalue weighted by atomic mass is 35.5. The zero-order chi connectivity index (χ0) is 16.8. The van der Waals surface area contributed by atoms with Crippen LogP contribution in [-0.2, 0) is 20.7 Å². The van der Waals surface area contributed by atoms with Gasteiger partial charge in [0.2, 0.25) is 11.8 Å². The number of hydrogen-bond donors (Lipinski definition) is 1. The molecule has 0 radical (unpaired) electrons. The fourth-order valence-corrected chi connectivity index (χ4v) is 2.66. The summed E-state index contributed by atoms with van der Waals surface area (Å²) >= 11 is 5.96. The third kappa shape index (κ3) is 4.84. The Bertz CT molecular complexity index is 573. The van der Waals surface area contributed by atoms with Crippen LogP contribution in [0.5, 0.6) is 5.75 Å². The van der Waals surface area contributed by atoms with E-state index in [9.17, 15) is 9.59 Å². The van der Waals surface area contributed by atoms with Crippen molar-refractivity contribution in [3.05, 3.63) is 28.8 Å². The maximum atomic E-state index is 12.3. The fraction of sp³-hybridized carbons (Fsp3) is 0.500. The Balaban J connectivity index is 1.93. The van der Waals surface area contributed by atoms with Gasteiger partial charge in [0.15, 0.2) is 0 Å². The van der Waals surface area contributed by atoms with Crippen molar-refractivity contribution < 1.29 is 19.1 Å². The Kier molecular flexibility index (Phi) is 6.24. The standard InChI is InChI=1S/C16H21ClN2O4/c1-11(16(21)19-5-7-23-8-6-19)18-15(20)10-12-9-13(17)3-4-14(12)22-2/h3-4,9,11H,5-8,10H2,1-2H3,(H,18,20). The van der Waals surface area contributed by atoms with Crippen LogP contribution in [0.2, 0.25) is 5.02 Å². The number of ether oxygens (including phenoxy) is 2. The van der Waals surface area contributed by atoms with Crippen molar-refractivity contribution in [3.8, 4) is 5.75 Å². The molecule has 1 aromatic rings. The van der Waals surface area contributed by atoms with Crippen LogP contribution in [0.3, 0.4) is 0 Å². The first-order valence-electron chi connectivity index (χ1n) is 7.49. The third-order valence-electron chi connectivity index (χ3n) is 3.66. The Hall–Kier alpha value is -1.79. The van der Waals surface area contributed by atoms with E-state index in [2.05, 4.69) is 5.32 Å². The van der Waals surface area contributed by atoms with Crippen molar-refractivity contribution >= 4 is 23.4 Å². The van der Waals surface area contributed by atoms with Crippen molar-refractivity contribution in [1.29, 1.82) is 0 Å². The molecule has 1 heterocycles. The van der Waals surface area contributed by atoms with Gasteiger partial charge in [0.25, 0.3) is 0 Å². The number of morpholine rings is 1. The average molecular weight is 341 g/mol. The number of hydrogen-bond acceptors (Lipinski definition) is 4. The zero-order valence-electron chi connectivity index (χ0n) is 13.3. The maximum absolute atomic E-state index is 12.3. The predicted molar refractivity (Wildman–Crippen MR) is 86.7 cm³/mol. The Morgan fingerprint density at radius 2 is 2.09 bits per heavy atom. The van der Waals surface area contributed by atoms with Gasteiger partial charge in [-0.15, -0.1) is 0 Å². The molecule has 0 spiro atoms. The summed E-state index contributed by atoms with van der Waals surface area (Å²) in [6, 6.07) is 4.53. The van der Waals surface area contributed by atoms with Gasteiger partial charge in [0.1, 0.15) is 11.8 Å². The second-order valence-electron chi connectivity index (χ2n) is 5.36. The number of benzene rings is 1. The summed E-state index contributed by atoms with van der Waals surface area (Å²) in [6.45, 7) is 3.87. The SMILES string of the molecule is COc1ccc(Cl)cc1CC(=O)NC(C)C(=O)N1CCOCC1. The molecule has 1 saturated heterocycles. The number of carbonyl (C=O) groups is 2. The molecule has 23 heavy (non-hydrogen) atoms. The molecule has 2 rings (SSSR count). The van der Waals surface area contributed by atoms with Gasteiger partial charge >= 0.3 is 0 Å². The number of halogens is 1. The van der Waals surface area contributed by atoms with Gasteiger partial charge < -0.3 is 19.7 Å². The molecule has 1 aliphatic heterocycles. The lowest BCUT2D eigenvalue weighted by Gasteiger charge is -2.29. The first-order chi connectivity index (χ1) is 11.0. The third-order valence-corrected chi connectivity index (χ3v) is 3.90. The van der Waals surface area contributed by atoms with Crippen LogP contribution in [0.4, 0.5) is 0 Å². The molecular weight excluding hydrogens is 320 g/mol. The predicted octanol–water partition coefficient (Wildman–Crippen LogP) is 1.25. The number of nitrogens with zero attached hydrogens (tertiary/aromatic N) is 1. The lowest BCUT2D eigenvalue weighted by atomic mass is 10.1. The van der Waals surface area contributed by atoms with Crippen LogP contribution in [0, 0.1) is 0 Å². The molecule has 1 N–H and O–H groups in total. The van der Waals surface area contributed by atoms with E-state index in [-0.39, 0.29) is 18.2 Å². The van der Waals surface area contributed by atoms with Crippen LogP contribution in [0.25, 0.3) is 0 Å². The minimum atomic E-state index is -0.578. The minimum absolute atomic E-state index is 0.0975. The highest BCUT2D eigenvalue weighted by Crippen LogP contribution is 2.23. The normalized spacial score (nSPS) is 15.9. The molecule has 0 aliphatic carbocycles. The van der Waals surface area contributed by atoms with E-state index >= 15 is 0 Å². The van der Waals surface area contributed by atoms with E-state index < -0.39 is 6.04 Å². The maximum Gasteiger partial charge on any atom is 0.245 e. The van der Waals surface area contributed by atoms with Crippen LogP contribution < -0.4 is 10.1 Å². The van der Waals surface area contributed by atoms with Gasteiger partial charge in [-0.25, -0.2) is 0 Å². The van der Waals surface area contributed by atoms with Crippen molar-refractivity contribution in [2.75, 3.05) is 33.4 Å². The van der Waals surface area contributed by atoms with Gasteiger partial charge in [-0.1, -0.05) is 11.6 Å². The van der Waals surface area contributed by atoms with Gasteiger partial charge in [0, 0.05) is 23.7 Å². The average Bonchev–Trinajstić information content (AvgIpc) is 2.55. The monoisotopic (exact) mass is 340 g/mol. The van der Waals surface area contributed by atoms with E-state index in [1.807, 2.05) is 0 Å². The summed E-state index contributed by atoms with van der Waals surface area (Å²) in [5.41, 5.74) is 0.684. The summed E-state index contributed by atoms with van der Waals surface area (Å²) in [6.07, 6.45) is 0.102. The van der Waals surface area contributed by atoms with Crippen LogP contribution >= 0.6 is 11.6 Å². The number of amides is 2. The largest absolute Gasteiger partial charge is 0.496 e. The van der Waals surface area contributed by atoms with Crippen LogP contribution in [-0.4, -0.2) is 56.2 Å². The lowest BCUT2D eigenvalue weighted by Crippen LogP contribution is -2.50. The molecule has 2 amide bonds. The molecule has 1 atom stereocenters. The molecule has 1 aliphatic rings.